The molecule has 9 heteroatoms. The molecule has 0 spiro atoms. The number of ether oxygens (including phenoxy) is 3. The Morgan fingerprint density at radius 3 is 2.37 bits per heavy atom. The lowest BCUT2D eigenvalue weighted by Crippen LogP contribution is -2.82. The Bertz CT molecular complexity index is 1130. The van der Waals surface area contributed by atoms with Crippen molar-refractivity contribution in [2.75, 3.05) is 6.61 Å². The molecule has 5 rings (SSSR count). The van der Waals surface area contributed by atoms with Gasteiger partial charge in [-0.2, -0.15) is 0 Å². The van der Waals surface area contributed by atoms with E-state index < -0.39 is 81.7 Å². The number of aliphatic hydroxyl groups excluding tert-OH is 2. The number of fused-ring (bicyclic) bond motifs is 5. The van der Waals surface area contributed by atoms with E-state index in [1.54, 1.807) is 20.8 Å². The number of carbonyl (C=O) groups is 3. The second-order valence-electron chi connectivity index (χ2n) is 12.5. The van der Waals surface area contributed by atoms with Gasteiger partial charge in [-0.25, -0.2) is 0 Å². The molecule has 1 aromatic rings. The molecule has 4 fully saturated rings. The lowest BCUT2D eigenvalue weighted by atomic mass is 9.42. The van der Waals surface area contributed by atoms with Crippen LogP contribution in [-0.4, -0.2) is 75.1 Å². The highest BCUT2D eigenvalue weighted by atomic mass is 16.6. The van der Waals surface area contributed by atoms with E-state index in [1.165, 1.54) is 13.8 Å². The summed E-state index contributed by atoms with van der Waals surface area (Å²) < 4.78 is 18.2. The summed E-state index contributed by atoms with van der Waals surface area (Å²) in [5, 5.41) is 35.2. The van der Waals surface area contributed by atoms with Crippen molar-refractivity contribution in [2.45, 2.75) is 89.7 Å². The first-order chi connectivity index (χ1) is 17.7. The summed E-state index contributed by atoms with van der Waals surface area (Å²) >= 11 is 0. The molecule has 38 heavy (non-hydrogen) atoms. The third kappa shape index (κ3) is 3.52. The van der Waals surface area contributed by atoms with Gasteiger partial charge in [0.05, 0.1) is 42.5 Å². The SMILES string of the molecule is CC(=O)OC12COC1CC(O)C1(C)C(=O)C(=O)C3C(C)C(O)CC(O)(C(OCc4ccccc4)C21)C3(C)C. The molecule has 4 aliphatic rings. The number of hydrogen-bond acceptors (Lipinski definition) is 9. The summed E-state index contributed by atoms with van der Waals surface area (Å²) in [5.41, 5.74) is -5.38. The van der Waals surface area contributed by atoms with E-state index in [0.29, 0.717) is 0 Å². The van der Waals surface area contributed by atoms with Gasteiger partial charge in [0, 0.05) is 37.0 Å². The molecule has 3 N–H and O–H groups in total. The van der Waals surface area contributed by atoms with E-state index in [2.05, 4.69) is 0 Å². The van der Waals surface area contributed by atoms with Crippen molar-refractivity contribution in [2.24, 2.45) is 28.6 Å². The van der Waals surface area contributed by atoms with Gasteiger partial charge in [0.1, 0.15) is 6.10 Å². The van der Waals surface area contributed by atoms with E-state index >= 15 is 0 Å². The molecule has 1 heterocycles. The average Bonchev–Trinajstić information content (AvgIpc) is 2.85. The first kappa shape index (κ1) is 27.4. The van der Waals surface area contributed by atoms with Crippen LogP contribution in [0.15, 0.2) is 30.3 Å². The number of carbonyl (C=O) groups excluding carboxylic acids is 3. The number of rotatable bonds is 4. The Hall–Kier alpha value is -2.17. The lowest BCUT2D eigenvalue weighted by molar-refractivity contribution is -0.356. The van der Waals surface area contributed by atoms with Crippen LogP contribution in [0.4, 0.5) is 0 Å². The summed E-state index contributed by atoms with van der Waals surface area (Å²) in [7, 11) is 0. The highest BCUT2D eigenvalue weighted by Gasteiger charge is 2.78. The fourth-order valence-electron chi connectivity index (χ4n) is 8.02. The number of esters is 1. The number of ketones is 2. The predicted molar refractivity (Wildman–Crippen MR) is 133 cm³/mol. The molecule has 1 saturated heterocycles. The molecule has 3 aliphatic carbocycles. The van der Waals surface area contributed by atoms with Gasteiger partial charge in [0.25, 0.3) is 0 Å². The van der Waals surface area contributed by atoms with E-state index in [-0.39, 0.29) is 26.1 Å². The maximum atomic E-state index is 14.2. The van der Waals surface area contributed by atoms with E-state index in [0.717, 1.165) is 5.56 Å². The quantitative estimate of drug-likeness (QED) is 0.391. The molecule has 10 atom stereocenters. The number of hydrogen-bond donors (Lipinski definition) is 3. The van der Waals surface area contributed by atoms with Gasteiger partial charge < -0.3 is 29.5 Å². The van der Waals surface area contributed by atoms with Crippen LogP contribution in [-0.2, 0) is 35.2 Å². The van der Waals surface area contributed by atoms with Gasteiger partial charge in [-0.05, 0) is 18.4 Å². The minimum atomic E-state index is -1.83. The second kappa shape index (κ2) is 8.93. The minimum Gasteiger partial charge on any atom is -0.454 e. The van der Waals surface area contributed by atoms with Crippen LogP contribution in [0.1, 0.15) is 53.0 Å². The molecule has 0 amide bonds. The van der Waals surface area contributed by atoms with Gasteiger partial charge in [0.15, 0.2) is 5.60 Å². The highest BCUT2D eigenvalue weighted by Crippen LogP contribution is 2.64. The van der Waals surface area contributed by atoms with Crippen LogP contribution < -0.4 is 0 Å². The molecule has 0 aromatic heterocycles. The van der Waals surface area contributed by atoms with Crippen LogP contribution in [0.3, 0.4) is 0 Å². The number of Topliss-reactive ketones (excluding diaryl/α,β-unsaturated/α-hetero) is 2. The minimum absolute atomic E-state index is 0.0185. The topological polar surface area (TPSA) is 140 Å². The first-order valence-electron chi connectivity index (χ1n) is 13.4. The fourth-order valence-corrected chi connectivity index (χ4v) is 8.02. The lowest BCUT2D eigenvalue weighted by Gasteiger charge is -2.68. The van der Waals surface area contributed by atoms with Crippen molar-refractivity contribution in [3.05, 3.63) is 35.9 Å². The Labute approximate surface area is 222 Å². The normalized spacial score (nSPS) is 45.6. The van der Waals surface area contributed by atoms with Crippen molar-refractivity contribution in [3.8, 4) is 0 Å². The smallest absolute Gasteiger partial charge is 0.303 e. The summed E-state index contributed by atoms with van der Waals surface area (Å²) in [5.74, 6) is -4.92. The van der Waals surface area contributed by atoms with Crippen LogP contribution in [0.2, 0.25) is 0 Å². The summed E-state index contributed by atoms with van der Waals surface area (Å²) in [6.07, 6.45) is -4.50. The van der Waals surface area contributed by atoms with Gasteiger partial charge in [-0.3, -0.25) is 14.4 Å². The molecule has 9 nitrogen and oxygen atoms in total. The van der Waals surface area contributed by atoms with Gasteiger partial charge >= 0.3 is 5.97 Å². The van der Waals surface area contributed by atoms with Crippen molar-refractivity contribution in [3.63, 3.8) is 0 Å². The molecular weight excluding hydrogens is 492 g/mol. The molecule has 2 bridgehead atoms. The zero-order chi connectivity index (χ0) is 27.8. The number of benzene rings is 1. The third-order valence-electron chi connectivity index (χ3n) is 10.3. The standard InChI is InChI=1S/C29H38O9/c1-15-18(31)12-29(35)25(36-13-17-9-7-6-8-10-17)23-27(5,24(34)22(33)21(15)26(29,3)4)19(32)11-20-28(23,14-37-20)38-16(2)30/h6-10,15,18-21,23,25,31-32,35H,11-14H2,1-5H3. The van der Waals surface area contributed by atoms with E-state index in [4.69, 9.17) is 14.2 Å². The summed E-state index contributed by atoms with van der Waals surface area (Å²) in [6, 6.07) is 9.29. The molecule has 208 valence electrons. The van der Waals surface area contributed by atoms with Crippen molar-refractivity contribution >= 4 is 17.5 Å². The molecule has 3 saturated carbocycles. The molecule has 1 aliphatic heterocycles. The Kier molecular flexibility index (Phi) is 6.44. The van der Waals surface area contributed by atoms with Crippen molar-refractivity contribution in [1.29, 1.82) is 0 Å². The predicted octanol–water partition coefficient (Wildman–Crippen LogP) is 1.59. The highest BCUT2D eigenvalue weighted by molar-refractivity contribution is 6.40. The molecule has 0 radical (unpaired) electrons. The van der Waals surface area contributed by atoms with Crippen LogP contribution >= 0.6 is 0 Å². The summed E-state index contributed by atoms with van der Waals surface area (Å²) in [4.78, 5) is 40.6. The number of aliphatic hydroxyl groups is 3. The van der Waals surface area contributed by atoms with E-state index in [1.807, 2.05) is 30.3 Å². The Balaban J connectivity index is 1.76. The Morgan fingerprint density at radius 1 is 1.13 bits per heavy atom. The monoisotopic (exact) mass is 530 g/mol. The average molecular weight is 531 g/mol. The van der Waals surface area contributed by atoms with Crippen molar-refractivity contribution in [1.82, 2.24) is 0 Å². The zero-order valence-electron chi connectivity index (χ0n) is 22.5. The molecular formula is C29H38O9. The van der Waals surface area contributed by atoms with Crippen LogP contribution in [0.25, 0.3) is 0 Å². The zero-order valence-corrected chi connectivity index (χ0v) is 22.5. The summed E-state index contributed by atoms with van der Waals surface area (Å²) in [6.45, 7) is 7.89. The molecule has 10 unspecified atom stereocenters. The molecule has 1 aromatic carbocycles. The van der Waals surface area contributed by atoms with Gasteiger partial charge in [-0.1, -0.05) is 51.1 Å². The maximum Gasteiger partial charge on any atom is 0.303 e. The van der Waals surface area contributed by atoms with Gasteiger partial charge in [-0.15, -0.1) is 0 Å². The largest absolute Gasteiger partial charge is 0.454 e. The fraction of sp³-hybridized carbons (Fsp3) is 0.690. The third-order valence-corrected chi connectivity index (χ3v) is 10.3. The maximum absolute atomic E-state index is 14.2. The van der Waals surface area contributed by atoms with Crippen LogP contribution in [0.5, 0.6) is 0 Å². The van der Waals surface area contributed by atoms with Gasteiger partial charge in [0.2, 0.25) is 11.6 Å². The second-order valence-corrected chi connectivity index (χ2v) is 12.5. The van der Waals surface area contributed by atoms with Crippen molar-refractivity contribution < 1.29 is 43.9 Å². The van der Waals surface area contributed by atoms with Crippen LogP contribution in [0, 0.1) is 28.6 Å². The Morgan fingerprint density at radius 2 is 1.79 bits per heavy atom. The van der Waals surface area contributed by atoms with E-state index in [9.17, 15) is 29.7 Å². The first-order valence-corrected chi connectivity index (χ1v) is 13.4.